The molecule has 0 unspecified atom stereocenters. The Kier molecular flexibility index (Phi) is 7.25. The zero-order chi connectivity index (χ0) is 27.6. The van der Waals surface area contributed by atoms with Gasteiger partial charge in [-0.25, -0.2) is 14.4 Å². The SMILES string of the molecule is COC[C@H](C(=O)Nc1cccc2c(-c3nc(Cc4ccc5cn[nH]c5c4)ncc3F)c[nH]c12)N1CCN(C)CC1. The van der Waals surface area contributed by atoms with Crippen LogP contribution in [-0.4, -0.2) is 93.8 Å². The number of piperazine rings is 1. The third-order valence-electron chi connectivity index (χ3n) is 7.50. The number of para-hydroxylation sites is 1. The van der Waals surface area contributed by atoms with Gasteiger partial charge in [0.15, 0.2) is 5.82 Å². The summed E-state index contributed by atoms with van der Waals surface area (Å²) in [5.41, 5.74) is 4.03. The minimum absolute atomic E-state index is 0.139. The van der Waals surface area contributed by atoms with Crippen molar-refractivity contribution in [3.05, 3.63) is 72.2 Å². The van der Waals surface area contributed by atoms with Crippen LogP contribution in [0.25, 0.3) is 33.1 Å². The van der Waals surface area contributed by atoms with E-state index in [9.17, 15) is 4.79 Å². The summed E-state index contributed by atoms with van der Waals surface area (Å²) in [6, 6.07) is 11.1. The van der Waals surface area contributed by atoms with E-state index in [1.807, 2.05) is 36.4 Å². The first kappa shape index (κ1) is 26.1. The number of carbonyl (C=O) groups excluding carboxylic acids is 1. The van der Waals surface area contributed by atoms with Gasteiger partial charge in [0, 0.05) is 62.2 Å². The van der Waals surface area contributed by atoms with Crippen molar-refractivity contribution in [3.8, 4) is 11.3 Å². The molecule has 2 aromatic carbocycles. The lowest BCUT2D eigenvalue weighted by Gasteiger charge is -2.36. The number of H-pyrrole nitrogens is 2. The number of halogens is 1. The van der Waals surface area contributed by atoms with Crippen LogP contribution in [0.3, 0.4) is 0 Å². The summed E-state index contributed by atoms with van der Waals surface area (Å²) in [4.78, 5) is 29.8. The quantitative estimate of drug-likeness (QED) is 0.275. The van der Waals surface area contributed by atoms with Crippen LogP contribution < -0.4 is 5.32 Å². The molecule has 4 heterocycles. The number of benzene rings is 2. The van der Waals surface area contributed by atoms with Gasteiger partial charge in [-0.1, -0.05) is 24.3 Å². The number of aromatic amines is 2. The summed E-state index contributed by atoms with van der Waals surface area (Å²) in [5, 5.41) is 11.9. The largest absolute Gasteiger partial charge is 0.383 e. The summed E-state index contributed by atoms with van der Waals surface area (Å²) in [6.45, 7) is 3.67. The van der Waals surface area contributed by atoms with E-state index < -0.39 is 11.9 Å². The van der Waals surface area contributed by atoms with Crippen molar-refractivity contribution in [1.29, 1.82) is 0 Å². The molecule has 0 saturated carbocycles. The third-order valence-corrected chi connectivity index (χ3v) is 7.50. The van der Waals surface area contributed by atoms with E-state index in [0.29, 0.717) is 35.6 Å². The van der Waals surface area contributed by atoms with Crippen LogP contribution >= 0.6 is 0 Å². The van der Waals surface area contributed by atoms with E-state index in [1.165, 1.54) is 6.20 Å². The maximum Gasteiger partial charge on any atom is 0.244 e. The van der Waals surface area contributed by atoms with E-state index in [-0.39, 0.29) is 11.6 Å². The Morgan fingerprint density at radius 3 is 2.85 bits per heavy atom. The molecule has 1 aliphatic heterocycles. The van der Waals surface area contributed by atoms with Gasteiger partial charge in [0.25, 0.3) is 0 Å². The number of hydrogen-bond donors (Lipinski definition) is 3. The predicted molar refractivity (Wildman–Crippen MR) is 152 cm³/mol. The highest BCUT2D eigenvalue weighted by molar-refractivity contribution is 6.06. The number of aromatic nitrogens is 5. The van der Waals surface area contributed by atoms with Crippen molar-refractivity contribution in [3.63, 3.8) is 0 Å². The third kappa shape index (κ3) is 5.18. The molecular formula is C29H31FN8O2. The Hall–Kier alpha value is -4.19. The number of anilines is 1. The van der Waals surface area contributed by atoms with Gasteiger partial charge in [0.05, 0.1) is 35.7 Å². The zero-order valence-corrected chi connectivity index (χ0v) is 22.4. The van der Waals surface area contributed by atoms with Crippen molar-refractivity contribution in [1.82, 2.24) is 34.9 Å². The number of nitrogens with one attached hydrogen (secondary N) is 3. The summed E-state index contributed by atoms with van der Waals surface area (Å²) >= 11 is 0. The van der Waals surface area contributed by atoms with E-state index >= 15 is 4.39 Å². The summed E-state index contributed by atoms with van der Waals surface area (Å²) in [6.07, 6.45) is 5.14. The molecule has 1 amide bonds. The van der Waals surface area contributed by atoms with Crippen molar-refractivity contribution in [2.75, 3.05) is 52.3 Å². The van der Waals surface area contributed by atoms with Crippen LogP contribution in [0.15, 0.2) is 55.0 Å². The fraction of sp³-hybridized carbons (Fsp3) is 0.310. The lowest BCUT2D eigenvalue weighted by atomic mass is 10.1. The minimum atomic E-state index is -0.515. The van der Waals surface area contributed by atoms with Gasteiger partial charge >= 0.3 is 0 Å². The van der Waals surface area contributed by atoms with Crippen LogP contribution in [0.4, 0.5) is 10.1 Å². The van der Waals surface area contributed by atoms with E-state index in [1.54, 1.807) is 19.5 Å². The summed E-state index contributed by atoms with van der Waals surface area (Å²) in [7, 11) is 3.68. The molecule has 5 aromatic rings. The highest BCUT2D eigenvalue weighted by atomic mass is 19.1. The zero-order valence-electron chi connectivity index (χ0n) is 22.4. The van der Waals surface area contributed by atoms with Gasteiger partial charge in [-0.2, -0.15) is 5.10 Å². The molecule has 3 N–H and O–H groups in total. The van der Waals surface area contributed by atoms with E-state index in [2.05, 4.69) is 47.3 Å². The Labute approximate surface area is 230 Å². The summed E-state index contributed by atoms with van der Waals surface area (Å²) < 4.78 is 20.4. The highest BCUT2D eigenvalue weighted by Gasteiger charge is 2.29. The fourth-order valence-electron chi connectivity index (χ4n) is 5.26. The number of fused-ring (bicyclic) bond motifs is 2. The van der Waals surface area contributed by atoms with Crippen LogP contribution in [-0.2, 0) is 16.0 Å². The van der Waals surface area contributed by atoms with Crippen LogP contribution in [0.5, 0.6) is 0 Å². The van der Waals surface area contributed by atoms with Crippen molar-refractivity contribution >= 4 is 33.4 Å². The van der Waals surface area contributed by atoms with Crippen LogP contribution in [0, 0.1) is 5.82 Å². The van der Waals surface area contributed by atoms with Crippen molar-refractivity contribution in [2.45, 2.75) is 12.5 Å². The second-order valence-electron chi connectivity index (χ2n) is 10.2. The average Bonchev–Trinajstić information content (AvgIpc) is 3.61. The van der Waals surface area contributed by atoms with Crippen molar-refractivity contribution in [2.24, 2.45) is 0 Å². The highest BCUT2D eigenvalue weighted by Crippen LogP contribution is 2.33. The molecule has 1 saturated heterocycles. The van der Waals surface area contributed by atoms with E-state index in [0.717, 1.165) is 48.0 Å². The lowest BCUT2D eigenvalue weighted by molar-refractivity contribution is -0.124. The molecular weight excluding hydrogens is 511 g/mol. The molecule has 0 aliphatic carbocycles. The normalized spacial score (nSPS) is 15.6. The second kappa shape index (κ2) is 11.1. The number of amides is 1. The average molecular weight is 543 g/mol. The molecule has 1 atom stereocenters. The smallest absolute Gasteiger partial charge is 0.244 e. The molecule has 40 heavy (non-hydrogen) atoms. The number of likely N-dealkylation sites (N-methyl/N-ethyl adjacent to an activating group) is 1. The van der Waals surface area contributed by atoms with Gasteiger partial charge in [-0.05, 0) is 24.7 Å². The van der Waals surface area contributed by atoms with E-state index in [4.69, 9.17) is 4.74 Å². The van der Waals surface area contributed by atoms with Crippen molar-refractivity contribution < 1.29 is 13.9 Å². The molecule has 6 rings (SSSR count). The number of hydrogen-bond acceptors (Lipinski definition) is 7. The maximum atomic E-state index is 15.1. The number of rotatable bonds is 8. The Morgan fingerprint density at radius 1 is 1.18 bits per heavy atom. The molecule has 10 nitrogen and oxygen atoms in total. The Balaban J connectivity index is 1.26. The molecule has 0 radical (unpaired) electrons. The molecule has 11 heteroatoms. The van der Waals surface area contributed by atoms with Crippen LogP contribution in [0.1, 0.15) is 11.4 Å². The number of nitrogens with zero attached hydrogens (tertiary/aromatic N) is 5. The number of methoxy groups -OCH3 is 1. The minimum Gasteiger partial charge on any atom is -0.383 e. The molecule has 0 bridgehead atoms. The maximum absolute atomic E-state index is 15.1. The fourth-order valence-corrected chi connectivity index (χ4v) is 5.26. The standard InChI is InChI=1S/C29H31FN8O2/c1-37-8-10-38(11-9-37)25(17-40-2)29(39)34-23-5-3-4-20-21(15-32-28(20)23)27-22(30)16-31-26(35-27)13-18-6-7-19-14-33-36-24(19)12-18/h3-7,12,14-16,25,32H,8-11,13,17H2,1-2H3,(H,33,36)(H,34,39)/t25-/m1/s1. The monoisotopic (exact) mass is 542 g/mol. The van der Waals surface area contributed by atoms with Gasteiger partial charge in [-0.3, -0.25) is 14.8 Å². The molecule has 3 aromatic heterocycles. The first-order valence-electron chi connectivity index (χ1n) is 13.3. The first-order chi connectivity index (χ1) is 19.5. The molecule has 1 aliphatic rings. The summed E-state index contributed by atoms with van der Waals surface area (Å²) in [5.74, 6) is -0.151. The molecule has 0 spiro atoms. The first-order valence-corrected chi connectivity index (χ1v) is 13.3. The number of carbonyl (C=O) groups is 1. The van der Waals surface area contributed by atoms with Gasteiger partial charge < -0.3 is 19.9 Å². The number of ether oxygens (including phenoxy) is 1. The van der Waals surface area contributed by atoms with Gasteiger partial charge in [-0.15, -0.1) is 0 Å². The van der Waals surface area contributed by atoms with Gasteiger partial charge in [0.2, 0.25) is 5.91 Å². The molecule has 206 valence electrons. The Morgan fingerprint density at radius 2 is 2.02 bits per heavy atom. The molecule has 1 fully saturated rings. The Bertz CT molecular complexity index is 1660. The predicted octanol–water partition coefficient (Wildman–Crippen LogP) is 3.43. The topological polar surface area (TPSA) is 115 Å². The lowest BCUT2D eigenvalue weighted by Crippen LogP contribution is -2.54. The van der Waals surface area contributed by atoms with Crippen LogP contribution in [0.2, 0.25) is 0 Å². The van der Waals surface area contributed by atoms with Gasteiger partial charge in [0.1, 0.15) is 17.6 Å². The second-order valence-corrected chi connectivity index (χ2v) is 10.2.